The third kappa shape index (κ3) is 6.24. The fourth-order valence-corrected chi connectivity index (χ4v) is 3.97. The molecule has 0 saturated carbocycles. The maximum Gasteiger partial charge on any atom is 0.336 e. The Labute approximate surface area is 187 Å². The van der Waals surface area contributed by atoms with Crippen LogP contribution in [0, 0.1) is 5.92 Å². The molecule has 0 atom stereocenters. The Morgan fingerprint density at radius 1 is 0.969 bits per heavy atom. The molecule has 0 spiro atoms. The van der Waals surface area contributed by atoms with Crippen LogP contribution in [-0.2, 0) is 11.3 Å². The van der Waals surface area contributed by atoms with Crippen LogP contribution in [0.1, 0.15) is 29.2 Å². The molecule has 2 aliphatic heterocycles. The van der Waals surface area contributed by atoms with Gasteiger partial charge in [-0.2, -0.15) is 0 Å². The van der Waals surface area contributed by atoms with Gasteiger partial charge in [-0.1, -0.05) is 18.2 Å². The summed E-state index contributed by atoms with van der Waals surface area (Å²) in [7, 11) is 0. The van der Waals surface area contributed by atoms with Crippen LogP contribution in [0.4, 0.5) is 4.79 Å². The molecule has 4 rings (SSSR count). The van der Waals surface area contributed by atoms with Gasteiger partial charge in [0.1, 0.15) is 18.1 Å². The SMILES string of the molecule is O=C(NNC(=O)N1CCC(CN2CCOCC2)CC1)c1ccc(COc2ccccc2)o1. The Hall–Kier alpha value is -3.04. The van der Waals surface area contributed by atoms with E-state index in [4.69, 9.17) is 13.9 Å². The number of hydrogen-bond donors (Lipinski definition) is 2. The van der Waals surface area contributed by atoms with E-state index < -0.39 is 5.91 Å². The van der Waals surface area contributed by atoms with Crippen molar-refractivity contribution < 1.29 is 23.5 Å². The average Bonchev–Trinajstić information content (AvgIpc) is 3.32. The summed E-state index contributed by atoms with van der Waals surface area (Å²) >= 11 is 0. The number of hydrazine groups is 1. The first-order valence-corrected chi connectivity index (χ1v) is 11.1. The van der Waals surface area contributed by atoms with Crippen LogP contribution in [0.2, 0.25) is 0 Å². The maximum atomic E-state index is 12.4. The summed E-state index contributed by atoms with van der Waals surface area (Å²) in [5.41, 5.74) is 4.91. The van der Waals surface area contributed by atoms with Crippen LogP contribution < -0.4 is 15.6 Å². The highest BCUT2D eigenvalue weighted by molar-refractivity contribution is 5.92. The lowest BCUT2D eigenvalue weighted by Crippen LogP contribution is -2.51. The lowest BCUT2D eigenvalue weighted by molar-refractivity contribution is 0.0258. The summed E-state index contributed by atoms with van der Waals surface area (Å²) < 4.78 is 16.5. The van der Waals surface area contributed by atoms with Crippen molar-refractivity contribution in [3.63, 3.8) is 0 Å². The van der Waals surface area contributed by atoms with E-state index in [-0.39, 0.29) is 18.4 Å². The van der Waals surface area contributed by atoms with Crippen molar-refractivity contribution in [2.24, 2.45) is 5.92 Å². The van der Waals surface area contributed by atoms with Crippen molar-refractivity contribution in [3.8, 4) is 5.75 Å². The molecular weight excluding hydrogens is 412 g/mol. The zero-order valence-corrected chi connectivity index (χ0v) is 18.1. The van der Waals surface area contributed by atoms with Gasteiger partial charge in [0.25, 0.3) is 0 Å². The summed E-state index contributed by atoms with van der Waals surface area (Å²) in [5, 5.41) is 0. The quantitative estimate of drug-likeness (QED) is 0.667. The number of carbonyl (C=O) groups excluding carboxylic acids is 2. The molecule has 0 bridgehead atoms. The number of ether oxygens (including phenoxy) is 2. The van der Waals surface area contributed by atoms with Crippen LogP contribution in [0.5, 0.6) is 5.75 Å². The number of morpholine rings is 1. The summed E-state index contributed by atoms with van der Waals surface area (Å²) in [6, 6.07) is 12.3. The molecule has 9 heteroatoms. The topological polar surface area (TPSA) is 96.3 Å². The Morgan fingerprint density at radius 2 is 1.72 bits per heavy atom. The number of piperidine rings is 1. The summed E-state index contributed by atoms with van der Waals surface area (Å²) in [6.45, 7) is 6.21. The van der Waals surface area contributed by atoms with Crippen LogP contribution in [0.25, 0.3) is 0 Å². The zero-order chi connectivity index (χ0) is 22.2. The Morgan fingerprint density at radius 3 is 2.47 bits per heavy atom. The molecule has 2 saturated heterocycles. The first-order valence-electron chi connectivity index (χ1n) is 11.1. The second-order valence-corrected chi connectivity index (χ2v) is 8.10. The first-order chi connectivity index (χ1) is 15.7. The predicted octanol–water partition coefficient (Wildman–Crippen LogP) is 2.26. The lowest BCUT2D eigenvalue weighted by atomic mass is 9.96. The second kappa shape index (κ2) is 11.0. The number of furan rings is 1. The van der Waals surface area contributed by atoms with Crippen LogP contribution in [0.3, 0.4) is 0 Å². The number of hydrogen-bond acceptors (Lipinski definition) is 6. The standard InChI is InChI=1S/C23H30N4O5/c28-22(21-7-6-20(32-21)17-31-19-4-2-1-3-5-19)24-25-23(29)27-10-8-18(9-11-27)16-26-12-14-30-15-13-26/h1-7,18H,8-17H2,(H,24,28)(H,25,29). The highest BCUT2D eigenvalue weighted by Crippen LogP contribution is 2.19. The van der Waals surface area contributed by atoms with E-state index >= 15 is 0 Å². The number of nitrogens with one attached hydrogen (secondary N) is 2. The molecule has 1 aromatic carbocycles. The van der Waals surface area contributed by atoms with E-state index in [1.165, 1.54) is 0 Å². The van der Waals surface area contributed by atoms with Gasteiger partial charge in [-0.3, -0.25) is 15.1 Å². The van der Waals surface area contributed by atoms with Crippen LogP contribution in [-0.4, -0.2) is 67.7 Å². The van der Waals surface area contributed by atoms with Gasteiger partial charge >= 0.3 is 11.9 Å². The molecule has 0 radical (unpaired) electrons. The third-order valence-electron chi connectivity index (χ3n) is 5.81. The maximum absolute atomic E-state index is 12.4. The molecule has 2 aliphatic rings. The zero-order valence-electron chi connectivity index (χ0n) is 18.1. The number of urea groups is 1. The van der Waals surface area contributed by atoms with Gasteiger partial charge in [-0.25, -0.2) is 10.2 Å². The molecule has 3 heterocycles. The second-order valence-electron chi connectivity index (χ2n) is 8.10. The van der Waals surface area contributed by atoms with Crippen molar-refractivity contribution >= 4 is 11.9 Å². The molecule has 1 aromatic heterocycles. The van der Waals surface area contributed by atoms with Gasteiger partial charge in [-0.05, 0) is 43.0 Å². The van der Waals surface area contributed by atoms with Gasteiger partial charge in [-0.15, -0.1) is 0 Å². The Bertz CT molecular complexity index is 874. The van der Waals surface area contributed by atoms with Gasteiger partial charge in [0.15, 0.2) is 5.76 Å². The number of likely N-dealkylation sites (tertiary alicyclic amines) is 1. The van der Waals surface area contributed by atoms with Gasteiger partial charge in [0.2, 0.25) is 0 Å². The molecular formula is C23H30N4O5. The van der Waals surface area contributed by atoms with Crippen molar-refractivity contribution in [2.75, 3.05) is 45.9 Å². The minimum Gasteiger partial charge on any atom is -0.486 e. The molecule has 0 aliphatic carbocycles. The normalized spacial score (nSPS) is 17.7. The van der Waals surface area contributed by atoms with Gasteiger partial charge in [0, 0.05) is 32.7 Å². The summed E-state index contributed by atoms with van der Waals surface area (Å²) in [6.07, 6.45) is 1.92. The molecule has 9 nitrogen and oxygen atoms in total. The van der Waals surface area contributed by atoms with Gasteiger partial charge in [0.05, 0.1) is 13.2 Å². The minimum absolute atomic E-state index is 0.112. The minimum atomic E-state index is -0.508. The van der Waals surface area contributed by atoms with Crippen molar-refractivity contribution in [2.45, 2.75) is 19.4 Å². The average molecular weight is 443 g/mol. The molecule has 3 amide bonds. The van der Waals surface area contributed by atoms with Gasteiger partial charge < -0.3 is 18.8 Å². The number of nitrogens with zero attached hydrogens (tertiary/aromatic N) is 2. The highest BCUT2D eigenvalue weighted by atomic mass is 16.5. The van der Waals surface area contributed by atoms with E-state index in [2.05, 4.69) is 15.8 Å². The van der Waals surface area contributed by atoms with E-state index in [1.807, 2.05) is 30.3 Å². The van der Waals surface area contributed by atoms with E-state index in [1.54, 1.807) is 17.0 Å². The van der Waals surface area contributed by atoms with Crippen molar-refractivity contribution in [3.05, 3.63) is 54.0 Å². The largest absolute Gasteiger partial charge is 0.486 e. The third-order valence-corrected chi connectivity index (χ3v) is 5.81. The highest BCUT2D eigenvalue weighted by Gasteiger charge is 2.25. The number of rotatable bonds is 6. The molecule has 2 aromatic rings. The number of benzene rings is 1. The van der Waals surface area contributed by atoms with E-state index in [0.717, 1.165) is 51.4 Å². The van der Waals surface area contributed by atoms with E-state index in [0.29, 0.717) is 24.8 Å². The monoisotopic (exact) mass is 442 g/mol. The molecule has 32 heavy (non-hydrogen) atoms. The molecule has 0 unspecified atom stereocenters. The Kier molecular flexibility index (Phi) is 7.63. The number of para-hydroxylation sites is 1. The lowest BCUT2D eigenvalue weighted by Gasteiger charge is -2.35. The summed E-state index contributed by atoms with van der Waals surface area (Å²) in [5.74, 6) is 1.43. The molecule has 2 N–H and O–H groups in total. The summed E-state index contributed by atoms with van der Waals surface area (Å²) in [4.78, 5) is 28.9. The smallest absolute Gasteiger partial charge is 0.336 e. The van der Waals surface area contributed by atoms with Crippen LogP contribution in [0.15, 0.2) is 46.9 Å². The van der Waals surface area contributed by atoms with Crippen molar-refractivity contribution in [1.29, 1.82) is 0 Å². The molecule has 2 fully saturated rings. The van der Waals surface area contributed by atoms with Crippen LogP contribution >= 0.6 is 0 Å². The predicted molar refractivity (Wildman–Crippen MR) is 117 cm³/mol. The Balaban J connectivity index is 1.16. The fourth-order valence-electron chi connectivity index (χ4n) is 3.97. The molecule has 172 valence electrons. The number of carbonyl (C=O) groups is 2. The van der Waals surface area contributed by atoms with E-state index in [9.17, 15) is 9.59 Å². The van der Waals surface area contributed by atoms with Crippen molar-refractivity contribution in [1.82, 2.24) is 20.7 Å². The fraction of sp³-hybridized carbons (Fsp3) is 0.478. The number of amides is 3. The first kappa shape index (κ1) is 22.2.